The van der Waals surface area contributed by atoms with Crippen LogP contribution in [0, 0.1) is 12.8 Å². The summed E-state index contributed by atoms with van der Waals surface area (Å²) >= 11 is 0. The SMILES string of the molecule is Cc1ccccc1S(=O)CC(O)CNCC(C)C. The number of aliphatic hydroxyl groups excluding tert-OH is 1. The van der Waals surface area contributed by atoms with Crippen LogP contribution in [0.25, 0.3) is 0 Å². The predicted octanol–water partition coefficient (Wildman–Crippen LogP) is 1.71. The minimum absolute atomic E-state index is 0.288. The molecule has 0 amide bonds. The molecule has 0 heterocycles. The molecule has 0 spiro atoms. The highest BCUT2D eigenvalue weighted by atomic mass is 32.2. The molecule has 3 nitrogen and oxygen atoms in total. The van der Waals surface area contributed by atoms with Crippen molar-refractivity contribution in [3.63, 3.8) is 0 Å². The third-order valence-corrected chi connectivity index (χ3v) is 4.25. The fourth-order valence-electron chi connectivity index (χ4n) is 1.67. The largest absolute Gasteiger partial charge is 0.391 e. The topological polar surface area (TPSA) is 49.3 Å². The smallest absolute Gasteiger partial charge is 0.0783 e. The fraction of sp³-hybridized carbons (Fsp3) is 0.571. The molecule has 4 heteroatoms. The van der Waals surface area contributed by atoms with Crippen LogP contribution in [0.15, 0.2) is 29.2 Å². The monoisotopic (exact) mass is 269 g/mol. The number of rotatable bonds is 7. The van der Waals surface area contributed by atoms with Crippen LogP contribution in [0.2, 0.25) is 0 Å². The summed E-state index contributed by atoms with van der Waals surface area (Å²) < 4.78 is 12.1. The van der Waals surface area contributed by atoms with E-state index in [2.05, 4.69) is 19.2 Å². The van der Waals surface area contributed by atoms with Gasteiger partial charge < -0.3 is 10.4 Å². The van der Waals surface area contributed by atoms with Crippen molar-refractivity contribution in [2.75, 3.05) is 18.8 Å². The highest BCUT2D eigenvalue weighted by molar-refractivity contribution is 7.85. The lowest BCUT2D eigenvalue weighted by atomic mass is 10.2. The van der Waals surface area contributed by atoms with Crippen molar-refractivity contribution in [3.05, 3.63) is 29.8 Å². The van der Waals surface area contributed by atoms with E-state index in [1.807, 2.05) is 31.2 Å². The molecule has 0 saturated carbocycles. The van der Waals surface area contributed by atoms with Crippen LogP contribution >= 0.6 is 0 Å². The molecule has 0 fully saturated rings. The first kappa shape index (κ1) is 15.3. The zero-order chi connectivity index (χ0) is 13.5. The van der Waals surface area contributed by atoms with Crippen molar-refractivity contribution in [1.29, 1.82) is 0 Å². The van der Waals surface area contributed by atoms with Gasteiger partial charge in [-0.2, -0.15) is 0 Å². The standard InChI is InChI=1S/C14H23NO2S/c1-11(2)8-15-9-13(16)10-18(17)14-7-5-4-6-12(14)3/h4-7,11,13,15-16H,8-10H2,1-3H3. The predicted molar refractivity (Wildman–Crippen MR) is 76.2 cm³/mol. The number of aryl methyl sites for hydroxylation is 1. The lowest BCUT2D eigenvalue weighted by molar-refractivity contribution is 0.193. The van der Waals surface area contributed by atoms with Gasteiger partial charge in [-0.15, -0.1) is 0 Å². The molecule has 1 rings (SSSR count). The number of nitrogens with one attached hydrogen (secondary N) is 1. The van der Waals surface area contributed by atoms with Crippen molar-refractivity contribution >= 4 is 10.8 Å². The summed E-state index contributed by atoms with van der Waals surface area (Å²) in [5.41, 5.74) is 1.01. The van der Waals surface area contributed by atoms with Gasteiger partial charge in [-0.1, -0.05) is 32.0 Å². The first-order valence-electron chi connectivity index (χ1n) is 6.33. The Morgan fingerprint density at radius 1 is 1.28 bits per heavy atom. The number of hydrogen-bond donors (Lipinski definition) is 2. The van der Waals surface area contributed by atoms with Crippen LogP contribution < -0.4 is 5.32 Å². The van der Waals surface area contributed by atoms with Crippen LogP contribution in [-0.2, 0) is 10.8 Å². The second kappa shape index (κ2) is 7.67. The molecule has 0 aliphatic heterocycles. The Morgan fingerprint density at radius 2 is 1.94 bits per heavy atom. The van der Waals surface area contributed by atoms with E-state index in [9.17, 15) is 9.32 Å². The van der Waals surface area contributed by atoms with Crippen LogP contribution in [-0.4, -0.2) is 34.3 Å². The second-order valence-corrected chi connectivity index (χ2v) is 6.45. The van der Waals surface area contributed by atoms with E-state index in [0.717, 1.165) is 17.0 Å². The molecule has 0 radical (unpaired) electrons. The summed E-state index contributed by atoms with van der Waals surface area (Å²) in [6.45, 7) is 7.54. The van der Waals surface area contributed by atoms with Crippen molar-refractivity contribution in [1.82, 2.24) is 5.32 Å². The van der Waals surface area contributed by atoms with Gasteiger partial charge in [0.2, 0.25) is 0 Å². The summed E-state index contributed by atoms with van der Waals surface area (Å²) in [7, 11) is -1.13. The van der Waals surface area contributed by atoms with E-state index < -0.39 is 16.9 Å². The summed E-state index contributed by atoms with van der Waals surface area (Å²) in [4.78, 5) is 0.820. The molecular formula is C14H23NO2S. The quantitative estimate of drug-likeness (QED) is 0.792. The molecule has 1 aromatic rings. The third kappa shape index (κ3) is 5.29. The second-order valence-electron chi connectivity index (χ2n) is 4.98. The molecule has 102 valence electrons. The summed E-state index contributed by atoms with van der Waals surface area (Å²) in [6, 6.07) is 7.61. The molecule has 18 heavy (non-hydrogen) atoms. The number of hydrogen-bond acceptors (Lipinski definition) is 3. The normalized spacial score (nSPS) is 14.7. The molecule has 2 unspecified atom stereocenters. The van der Waals surface area contributed by atoms with Gasteiger partial charge in [0, 0.05) is 11.4 Å². The Kier molecular flexibility index (Phi) is 6.54. The van der Waals surface area contributed by atoms with Gasteiger partial charge >= 0.3 is 0 Å². The van der Waals surface area contributed by atoms with Gasteiger partial charge in [-0.05, 0) is 31.0 Å². The molecular weight excluding hydrogens is 246 g/mol. The maximum Gasteiger partial charge on any atom is 0.0783 e. The van der Waals surface area contributed by atoms with Crippen LogP contribution in [0.1, 0.15) is 19.4 Å². The molecule has 2 N–H and O–H groups in total. The Labute approximate surface area is 112 Å². The lowest BCUT2D eigenvalue weighted by Crippen LogP contribution is -2.33. The average molecular weight is 269 g/mol. The summed E-state index contributed by atoms with van der Waals surface area (Å²) in [5, 5.41) is 13.0. The number of benzene rings is 1. The molecule has 0 aliphatic rings. The summed E-state index contributed by atoms with van der Waals surface area (Å²) in [6.07, 6.45) is -0.566. The molecule has 0 saturated heterocycles. The molecule has 0 aliphatic carbocycles. The van der Waals surface area contributed by atoms with Crippen molar-refractivity contribution < 1.29 is 9.32 Å². The van der Waals surface area contributed by atoms with Gasteiger partial charge in [-0.3, -0.25) is 4.21 Å². The van der Waals surface area contributed by atoms with E-state index in [1.165, 1.54) is 0 Å². The minimum atomic E-state index is -1.13. The average Bonchev–Trinajstić information content (AvgIpc) is 2.28. The minimum Gasteiger partial charge on any atom is -0.391 e. The van der Waals surface area contributed by atoms with Crippen molar-refractivity contribution in [2.45, 2.75) is 31.8 Å². The Hall–Kier alpha value is -0.710. The molecule has 2 atom stereocenters. The lowest BCUT2D eigenvalue weighted by Gasteiger charge is -2.13. The van der Waals surface area contributed by atoms with Crippen molar-refractivity contribution in [2.24, 2.45) is 5.92 Å². The summed E-state index contributed by atoms with van der Waals surface area (Å²) in [5.74, 6) is 0.842. The Balaban J connectivity index is 2.43. The molecule has 0 aromatic heterocycles. The van der Waals surface area contributed by atoms with Gasteiger partial charge in [-0.25, -0.2) is 0 Å². The Morgan fingerprint density at radius 3 is 2.56 bits per heavy atom. The Bertz CT molecular complexity index is 393. The fourth-order valence-corrected chi connectivity index (χ4v) is 2.98. The van der Waals surface area contributed by atoms with E-state index in [1.54, 1.807) is 0 Å². The van der Waals surface area contributed by atoms with Crippen LogP contribution in [0.3, 0.4) is 0 Å². The van der Waals surface area contributed by atoms with Gasteiger partial charge in [0.15, 0.2) is 0 Å². The van der Waals surface area contributed by atoms with E-state index in [4.69, 9.17) is 0 Å². The third-order valence-electron chi connectivity index (χ3n) is 2.62. The van der Waals surface area contributed by atoms with E-state index in [-0.39, 0.29) is 5.75 Å². The van der Waals surface area contributed by atoms with E-state index >= 15 is 0 Å². The van der Waals surface area contributed by atoms with Gasteiger partial charge in [0.05, 0.1) is 22.7 Å². The molecule has 1 aromatic carbocycles. The van der Waals surface area contributed by atoms with Gasteiger partial charge in [0.25, 0.3) is 0 Å². The van der Waals surface area contributed by atoms with Crippen LogP contribution in [0.4, 0.5) is 0 Å². The van der Waals surface area contributed by atoms with Crippen molar-refractivity contribution in [3.8, 4) is 0 Å². The number of aliphatic hydroxyl groups is 1. The zero-order valence-electron chi connectivity index (χ0n) is 11.3. The van der Waals surface area contributed by atoms with Gasteiger partial charge in [0.1, 0.15) is 0 Å². The first-order valence-corrected chi connectivity index (χ1v) is 7.65. The van der Waals surface area contributed by atoms with Crippen LogP contribution in [0.5, 0.6) is 0 Å². The maximum absolute atomic E-state index is 12.1. The maximum atomic E-state index is 12.1. The highest BCUT2D eigenvalue weighted by Crippen LogP contribution is 2.12. The van der Waals surface area contributed by atoms with E-state index in [0.29, 0.717) is 12.5 Å². The first-order chi connectivity index (χ1) is 8.50. The highest BCUT2D eigenvalue weighted by Gasteiger charge is 2.12. The zero-order valence-corrected chi connectivity index (χ0v) is 12.2. The molecule has 0 bridgehead atoms.